The minimum atomic E-state index is -0.0634. The zero-order valence-electron chi connectivity index (χ0n) is 15.0. The highest BCUT2D eigenvalue weighted by molar-refractivity contribution is 9.10. The fourth-order valence-electron chi connectivity index (χ4n) is 3.27. The van der Waals surface area contributed by atoms with E-state index in [0.717, 1.165) is 29.5 Å². The van der Waals surface area contributed by atoms with Crippen LogP contribution in [0.5, 0.6) is 0 Å². The van der Waals surface area contributed by atoms with Gasteiger partial charge in [0.1, 0.15) is 0 Å². The average molecular weight is 423 g/mol. The van der Waals surface area contributed by atoms with E-state index < -0.39 is 0 Å². The van der Waals surface area contributed by atoms with Gasteiger partial charge in [-0.05, 0) is 41.8 Å². The Morgan fingerprint density at radius 2 is 1.78 bits per heavy atom. The number of anilines is 1. The fourth-order valence-corrected chi connectivity index (χ4v) is 3.53. The van der Waals surface area contributed by atoms with E-state index in [4.69, 9.17) is 4.98 Å². The summed E-state index contributed by atoms with van der Waals surface area (Å²) < 4.78 is 2.68. The van der Waals surface area contributed by atoms with E-state index in [9.17, 15) is 4.79 Å². The molecule has 27 heavy (non-hydrogen) atoms. The Kier molecular flexibility index (Phi) is 4.90. The molecule has 3 heterocycles. The number of benzene rings is 1. The molecule has 1 aliphatic heterocycles. The largest absolute Gasteiger partial charge is 0.338 e. The van der Waals surface area contributed by atoms with Crippen molar-refractivity contribution >= 4 is 27.5 Å². The molecule has 0 spiro atoms. The standard InChI is InChI=1S/C21H19BrN4O/c1-25-20(27)13-19(16-8-10-23-11-9-16)24-21(25)26-12-2-3-17(14-26)15-4-6-18(22)7-5-15/h3-11,13H,2,12,14H2,1H3. The third-order valence-electron chi connectivity index (χ3n) is 4.74. The highest BCUT2D eigenvalue weighted by Gasteiger charge is 2.19. The predicted octanol–water partition coefficient (Wildman–Crippen LogP) is 3.90. The first-order chi connectivity index (χ1) is 13.1. The molecule has 4 rings (SSSR count). The first kappa shape index (κ1) is 17.7. The van der Waals surface area contributed by atoms with Gasteiger partial charge in [0.05, 0.1) is 5.69 Å². The lowest BCUT2D eigenvalue weighted by molar-refractivity contribution is 0.727. The van der Waals surface area contributed by atoms with Crippen molar-refractivity contribution < 1.29 is 0 Å². The molecule has 0 bridgehead atoms. The van der Waals surface area contributed by atoms with E-state index in [1.54, 1.807) is 30.1 Å². The Labute approximate surface area is 166 Å². The van der Waals surface area contributed by atoms with Crippen molar-refractivity contribution in [2.24, 2.45) is 7.05 Å². The summed E-state index contributed by atoms with van der Waals surface area (Å²) in [4.78, 5) is 23.5. The van der Waals surface area contributed by atoms with Gasteiger partial charge in [-0.15, -0.1) is 0 Å². The molecule has 0 saturated carbocycles. The van der Waals surface area contributed by atoms with Crippen LogP contribution < -0.4 is 10.5 Å². The van der Waals surface area contributed by atoms with Crippen molar-refractivity contribution in [3.8, 4) is 11.3 Å². The third kappa shape index (κ3) is 3.71. The monoisotopic (exact) mass is 422 g/mol. The molecule has 0 atom stereocenters. The summed E-state index contributed by atoms with van der Waals surface area (Å²) in [5.41, 5.74) is 3.95. The van der Waals surface area contributed by atoms with Crippen LogP contribution in [-0.4, -0.2) is 27.6 Å². The Bertz CT molecular complexity index is 1040. The maximum Gasteiger partial charge on any atom is 0.255 e. The van der Waals surface area contributed by atoms with Gasteiger partial charge >= 0.3 is 0 Å². The van der Waals surface area contributed by atoms with Crippen LogP contribution >= 0.6 is 15.9 Å². The Morgan fingerprint density at radius 3 is 2.52 bits per heavy atom. The van der Waals surface area contributed by atoms with E-state index in [2.05, 4.69) is 44.0 Å². The number of aromatic nitrogens is 3. The molecule has 1 aliphatic rings. The molecule has 0 unspecified atom stereocenters. The summed E-state index contributed by atoms with van der Waals surface area (Å²) in [7, 11) is 1.78. The molecule has 0 N–H and O–H groups in total. The highest BCUT2D eigenvalue weighted by Crippen LogP contribution is 2.26. The van der Waals surface area contributed by atoms with E-state index in [-0.39, 0.29) is 5.56 Å². The van der Waals surface area contributed by atoms with Crippen LogP contribution in [0.25, 0.3) is 16.8 Å². The number of nitrogens with zero attached hydrogens (tertiary/aromatic N) is 4. The SMILES string of the molecule is Cn1c(N2CCC=C(c3ccc(Br)cc3)C2)nc(-c2ccncc2)cc1=O. The maximum atomic E-state index is 12.5. The number of rotatable bonds is 3. The molecule has 1 aromatic carbocycles. The normalized spacial score (nSPS) is 14.1. The molecule has 0 fully saturated rings. The van der Waals surface area contributed by atoms with Crippen molar-refractivity contribution in [2.45, 2.75) is 6.42 Å². The first-order valence-corrected chi connectivity index (χ1v) is 9.59. The minimum absolute atomic E-state index is 0.0634. The van der Waals surface area contributed by atoms with Gasteiger partial charge in [0.15, 0.2) is 0 Å². The van der Waals surface area contributed by atoms with Crippen LogP contribution in [0, 0.1) is 0 Å². The second-order valence-electron chi connectivity index (χ2n) is 6.52. The highest BCUT2D eigenvalue weighted by atomic mass is 79.9. The zero-order chi connectivity index (χ0) is 18.8. The maximum absolute atomic E-state index is 12.5. The Hall–Kier alpha value is -2.73. The smallest absolute Gasteiger partial charge is 0.255 e. The zero-order valence-corrected chi connectivity index (χ0v) is 16.6. The number of hydrogen-bond acceptors (Lipinski definition) is 4. The predicted molar refractivity (Wildman–Crippen MR) is 112 cm³/mol. The number of hydrogen-bond donors (Lipinski definition) is 0. The summed E-state index contributed by atoms with van der Waals surface area (Å²) in [6.07, 6.45) is 6.61. The fraction of sp³-hybridized carbons (Fsp3) is 0.190. The molecule has 5 nitrogen and oxygen atoms in total. The van der Waals surface area contributed by atoms with Crippen molar-refractivity contribution in [1.29, 1.82) is 0 Å². The van der Waals surface area contributed by atoms with Crippen LogP contribution in [-0.2, 0) is 7.05 Å². The lowest BCUT2D eigenvalue weighted by Gasteiger charge is -2.30. The molecule has 6 heteroatoms. The molecule has 0 aliphatic carbocycles. The van der Waals surface area contributed by atoms with Gasteiger partial charge in [0.25, 0.3) is 5.56 Å². The number of halogens is 1. The van der Waals surface area contributed by atoms with Gasteiger partial charge < -0.3 is 4.90 Å². The van der Waals surface area contributed by atoms with Crippen LogP contribution in [0.4, 0.5) is 5.95 Å². The van der Waals surface area contributed by atoms with Crippen molar-refractivity contribution in [2.75, 3.05) is 18.0 Å². The van der Waals surface area contributed by atoms with Gasteiger partial charge in [-0.2, -0.15) is 0 Å². The number of pyridine rings is 1. The van der Waals surface area contributed by atoms with Gasteiger partial charge in [-0.1, -0.05) is 34.1 Å². The molecule has 0 amide bonds. The van der Waals surface area contributed by atoms with E-state index in [1.165, 1.54) is 11.1 Å². The topological polar surface area (TPSA) is 51.0 Å². The lowest BCUT2D eigenvalue weighted by Crippen LogP contribution is -2.35. The summed E-state index contributed by atoms with van der Waals surface area (Å²) >= 11 is 3.48. The lowest BCUT2D eigenvalue weighted by atomic mass is 10.0. The van der Waals surface area contributed by atoms with Gasteiger partial charge in [-0.25, -0.2) is 4.98 Å². The summed E-state index contributed by atoms with van der Waals surface area (Å²) in [5.74, 6) is 0.692. The van der Waals surface area contributed by atoms with Crippen LogP contribution in [0.2, 0.25) is 0 Å². The quantitative estimate of drug-likeness (QED) is 0.642. The Balaban J connectivity index is 1.69. The molecular formula is C21H19BrN4O. The summed E-state index contributed by atoms with van der Waals surface area (Å²) in [6, 6.07) is 13.6. The molecule has 2 aromatic heterocycles. The van der Waals surface area contributed by atoms with Crippen molar-refractivity contribution in [3.05, 3.63) is 81.3 Å². The summed E-state index contributed by atoms with van der Waals surface area (Å²) in [6.45, 7) is 1.56. The first-order valence-electron chi connectivity index (χ1n) is 8.80. The molecule has 3 aromatic rings. The van der Waals surface area contributed by atoms with Crippen molar-refractivity contribution in [3.63, 3.8) is 0 Å². The molecule has 0 radical (unpaired) electrons. The summed E-state index contributed by atoms with van der Waals surface area (Å²) in [5, 5.41) is 0. The van der Waals surface area contributed by atoms with Crippen LogP contribution in [0.1, 0.15) is 12.0 Å². The van der Waals surface area contributed by atoms with Gasteiger partial charge in [0, 0.05) is 48.6 Å². The third-order valence-corrected chi connectivity index (χ3v) is 5.26. The van der Waals surface area contributed by atoms with E-state index in [1.807, 2.05) is 24.3 Å². The van der Waals surface area contributed by atoms with Crippen LogP contribution in [0.15, 0.2) is 70.2 Å². The average Bonchev–Trinajstić information content (AvgIpc) is 2.71. The van der Waals surface area contributed by atoms with E-state index in [0.29, 0.717) is 11.6 Å². The van der Waals surface area contributed by atoms with E-state index >= 15 is 0 Å². The molecular weight excluding hydrogens is 404 g/mol. The minimum Gasteiger partial charge on any atom is -0.338 e. The Morgan fingerprint density at radius 1 is 1.04 bits per heavy atom. The second kappa shape index (κ2) is 7.48. The second-order valence-corrected chi connectivity index (χ2v) is 7.44. The van der Waals surface area contributed by atoms with Gasteiger partial charge in [0.2, 0.25) is 5.95 Å². The van der Waals surface area contributed by atoms with Crippen LogP contribution in [0.3, 0.4) is 0 Å². The molecule has 136 valence electrons. The molecule has 0 saturated heterocycles. The van der Waals surface area contributed by atoms with Crippen molar-refractivity contribution in [1.82, 2.24) is 14.5 Å². The van der Waals surface area contributed by atoms with Gasteiger partial charge in [-0.3, -0.25) is 14.3 Å².